The Morgan fingerprint density at radius 3 is 2.80 bits per heavy atom. The predicted octanol–water partition coefficient (Wildman–Crippen LogP) is 4.18. The summed E-state index contributed by atoms with van der Waals surface area (Å²) >= 11 is 1.62. The first-order chi connectivity index (χ1) is 13.8. The second-order valence-corrected chi connectivity index (χ2v) is 8.65. The molecule has 1 aliphatic heterocycles. The number of benzene rings is 1. The lowest BCUT2D eigenvalue weighted by atomic mass is 9.84. The molecule has 0 bridgehead atoms. The van der Waals surface area contributed by atoms with Crippen molar-refractivity contribution in [1.82, 2.24) is 15.2 Å². The predicted molar refractivity (Wildman–Crippen MR) is 131 cm³/mol. The quantitative estimate of drug-likeness (QED) is 0.319. The average molecular weight is 546 g/mol. The van der Waals surface area contributed by atoms with Crippen LogP contribution >= 0.6 is 35.3 Å². The van der Waals surface area contributed by atoms with E-state index >= 15 is 0 Å². The van der Waals surface area contributed by atoms with Crippen LogP contribution in [0.2, 0.25) is 0 Å². The Kier molecular flexibility index (Phi) is 8.74. The highest BCUT2D eigenvalue weighted by Crippen LogP contribution is 2.36. The second-order valence-electron chi connectivity index (χ2n) is 7.76. The number of aliphatic imine (C=N–C) groups is 1. The summed E-state index contributed by atoms with van der Waals surface area (Å²) in [7, 11) is 5.51. The maximum Gasteiger partial charge on any atom is 0.231 e. The van der Waals surface area contributed by atoms with Crippen LogP contribution in [0.15, 0.2) is 28.6 Å². The van der Waals surface area contributed by atoms with Gasteiger partial charge in [-0.1, -0.05) is 19.9 Å². The van der Waals surface area contributed by atoms with Gasteiger partial charge in [-0.3, -0.25) is 4.99 Å². The van der Waals surface area contributed by atoms with Gasteiger partial charge in [-0.05, 0) is 24.6 Å². The van der Waals surface area contributed by atoms with Gasteiger partial charge in [0, 0.05) is 38.5 Å². The van der Waals surface area contributed by atoms with Crippen LogP contribution in [0.1, 0.15) is 43.1 Å². The number of ether oxygens (including phenoxy) is 3. The molecule has 1 unspecified atom stereocenters. The van der Waals surface area contributed by atoms with Crippen LogP contribution in [0.3, 0.4) is 0 Å². The number of thiazole rings is 1. The summed E-state index contributed by atoms with van der Waals surface area (Å²) in [4.78, 5) is 11.2. The minimum atomic E-state index is -0.112. The van der Waals surface area contributed by atoms with Gasteiger partial charge < -0.3 is 24.4 Å². The molecule has 2 heterocycles. The summed E-state index contributed by atoms with van der Waals surface area (Å²) in [5, 5.41) is 6.55. The molecular formula is C21H31IN4O3S. The third-order valence-corrected chi connectivity index (χ3v) is 6.14. The van der Waals surface area contributed by atoms with Crippen LogP contribution < -0.4 is 14.8 Å². The number of hydrogen-bond acceptors (Lipinski definition) is 6. The van der Waals surface area contributed by atoms with E-state index in [0.29, 0.717) is 6.54 Å². The third-order valence-electron chi connectivity index (χ3n) is 5.09. The standard InChI is InChI=1S/C21H30N4O3S.HI/c1-14(26-6)19-24-16(11-29-19)10-25(5)20(22-4)23-12-21(2,3)15-7-8-17-18(9-15)28-13-27-17;/h7-9,11,14H,10,12-13H2,1-6H3,(H,22,23);1H. The molecule has 30 heavy (non-hydrogen) atoms. The molecule has 7 nitrogen and oxygen atoms in total. The fraction of sp³-hybridized carbons (Fsp3) is 0.524. The summed E-state index contributed by atoms with van der Waals surface area (Å²) in [6, 6.07) is 6.13. The highest BCUT2D eigenvalue weighted by molar-refractivity contribution is 14.0. The Hall–Kier alpha value is -1.59. The Balaban J connectivity index is 0.00000320. The molecule has 3 rings (SSSR count). The number of halogens is 1. The third kappa shape index (κ3) is 5.76. The van der Waals surface area contributed by atoms with Gasteiger partial charge in [-0.15, -0.1) is 35.3 Å². The molecule has 1 aromatic heterocycles. The van der Waals surface area contributed by atoms with Gasteiger partial charge in [-0.25, -0.2) is 4.98 Å². The number of methoxy groups -OCH3 is 1. The summed E-state index contributed by atoms with van der Waals surface area (Å²) in [6.07, 6.45) is 0.0130. The molecule has 9 heteroatoms. The molecule has 0 aliphatic carbocycles. The smallest absolute Gasteiger partial charge is 0.231 e. The SMILES string of the molecule is CN=C(NCC(C)(C)c1ccc2c(c1)OCO2)N(C)Cc1csc(C(C)OC)n1.I. The van der Waals surface area contributed by atoms with E-state index in [9.17, 15) is 0 Å². The molecule has 1 aromatic carbocycles. The molecule has 0 saturated carbocycles. The van der Waals surface area contributed by atoms with Gasteiger partial charge in [0.1, 0.15) is 11.1 Å². The number of fused-ring (bicyclic) bond motifs is 1. The van der Waals surface area contributed by atoms with E-state index in [1.165, 1.54) is 5.56 Å². The summed E-state index contributed by atoms with van der Waals surface area (Å²) in [6.45, 7) is 8.10. The Morgan fingerprint density at radius 1 is 1.37 bits per heavy atom. The molecule has 0 radical (unpaired) electrons. The van der Waals surface area contributed by atoms with Crippen LogP contribution in [0.5, 0.6) is 11.5 Å². The zero-order chi connectivity index (χ0) is 21.0. The molecule has 1 aliphatic rings. The molecule has 2 aromatic rings. The molecule has 166 valence electrons. The van der Waals surface area contributed by atoms with Crippen LogP contribution in [-0.2, 0) is 16.7 Å². The van der Waals surface area contributed by atoms with E-state index in [4.69, 9.17) is 14.2 Å². The van der Waals surface area contributed by atoms with Crippen LogP contribution in [0, 0.1) is 0 Å². The van der Waals surface area contributed by atoms with E-state index in [1.807, 2.05) is 20.0 Å². The lowest BCUT2D eigenvalue weighted by molar-refractivity contribution is 0.119. The van der Waals surface area contributed by atoms with Gasteiger partial charge in [-0.2, -0.15) is 0 Å². The first-order valence-electron chi connectivity index (χ1n) is 9.63. The van der Waals surface area contributed by atoms with E-state index in [0.717, 1.165) is 34.7 Å². The lowest BCUT2D eigenvalue weighted by Gasteiger charge is -2.29. The average Bonchev–Trinajstić information content (AvgIpc) is 3.36. The van der Waals surface area contributed by atoms with Crippen LogP contribution in [-0.4, -0.2) is 50.4 Å². The van der Waals surface area contributed by atoms with E-state index in [2.05, 4.69) is 51.6 Å². The van der Waals surface area contributed by atoms with Crippen molar-refractivity contribution >= 4 is 41.3 Å². The van der Waals surface area contributed by atoms with Gasteiger partial charge in [0.15, 0.2) is 17.5 Å². The highest BCUT2D eigenvalue weighted by Gasteiger charge is 2.25. The van der Waals surface area contributed by atoms with Gasteiger partial charge in [0.25, 0.3) is 0 Å². The molecule has 0 fully saturated rings. The number of aromatic nitrogens is 1. The molecular weight excluding hydrogens is 515 g/mol. The number of hydrogen-bond donors (Lipinski definition) is 1. The number of nitrogens with zero attached hydrogens (tertiary/aromatic N) is 3. The normalized spacial score (nSPS) is 14.3. The van der Waals surface area contributed by atoms with Gasteiger partial charge in [0.2, 0.25) is 6.79 Å². The van der Waals surface area contributed by atoms with Crippen molar-refractivity contribution in [2.24, 2.45) is 4.99 Å². The summed E-state index contributed by atoms with van der Waals surface area (Å²) < 4.78 is 16.3. The van der Waals surface area contributed by atoms with Crippen molar-refractivity contribution in [3.8, 4) is 11.5 Å². The number of nitrogens with one attached hydrogen (secondary N) is 1. The Bertz CT molecular complexity index is 872. The first-order valence-corrected chi connectivity index (χ1v) is 10.5. The van der Waals surface area contributed by atoms with Gasteiger partial charge >= 0.3 is 0 Å². The van der Waals surface area contributed by atoms with Gasteiger partial charge in [0.05, 0.1) is 12.2 Å². The van der Waals surface area contributed by atoms with Crippen molar-refractivity contribution in [3.63, 3.8) is 0 Å². The van der Waals surface area contributed by atoms with Crippen LogP contribution in [0.4, 0.5) is 0 Å². The fourth-order valence-corrected chi connectivity index (χ4v) is 3.95. The lowest BCUT2D eigenvalue weighted by Crippen LogP contribution is -2.44. The highest BCUT2D eigenvalue weighted by atomic mass is 127. The minimum Gasteiger partial charge on any atom is -0.454 e. The first kappa shape index (κ1) is 24.7. The maximum absolute atomic E-state index is 5.52. The molecule has 0 amide bonds. The number of rotatable bonds is 7. The Morgan fingerprint density at radius 2 is 2.10 bits per heavy atom. The van der Waals surface area contributed by atoms with Crippen LogP contribution in [0.25, 0.3) is 0 Å². The van der Waals surface area contributed by atoms with Crippen molar-refractivity contribution in [1.29, 1.82) is 0 Å². The largest absolute Gasteiger partial charge is 0.454 e. The van der Waals surface area contributed by atoms with Crippen molar-refractivity contribution in [3.05, 3.63) is 39.8 Å². The summed E-state index contributed by atoms with van der Waals surface area (Å²) in [5.41, 5.74) is 2.08. The zero-order valence-electron chi connectivity index (χ0n) is 18.4. The Labute approximate surface area is 199 Å². The van der Waals surface area contributed by atoms with E-state index in [1.54, 1.807) is 25.5 Å². The zero-order valence-corrected chi connectivity index (χ0v) is 21.5. The molecule has 0 saturated heterocycles. The second kappa shape index (κ2) is 10.6. The molecule has 0 spiro atoms. The van der Waals surface area contributed by atoms with Crippen molar-refractivity contribution in [2.45, 2.75) is 38.8 Å². The van der Waals surface area contributed by atoms with Crippen molar-refractivity contribution in [2.75, 3.05) is 34.5 Å². The molecule has 1 N–H and O–H groups in total. The van der Waals surface area contributed by atoms with E-state index in [-0.39, 0.29) is 42.3 Å². The minimum absolute atomic E-state index is 0. The van der Waals surface area contributed by atoms with Crippen molar-refractivity contribution < 1.29 is 14.2 Å². The van der Waals surface area contributed by atoms with E-state index < -0.39 is 0 Å². The topological polar surface area (TPSA) is 68.2 Å². The monoisotopic (exact) mass is 546 g/mol. The molecule has 1 atom stereocenters. The fourth-order valence-electron chi connectivity index (χ4n) is 3.10. The maximum atomic E-state index is 5.52. The number of guanidine groups is 1. The summed E-state index contributed by atoms with van der Waals surface area (Å²) in [5.74, 6) is 2.44.